The van der Waals surface area contributed by atoms with Crippen LogP contribution in [-0.2, 0) is 14.3 Å². The molecule has 0 radical (unpaired) electrons. The highest BCUT2D eigenvalue weighted by atomic mass is 16.5. The molecule has 1 aromatic rings. The van der Waals surface area contributed by atoms with E-state index in [9.17, 15) is 9.59 Å². The SMILES string of the molecule is CCOC(=O)c1cccnc1N(C)CC(=O)OC. The van der Waals surface area contributed by atoms with Gasteiger partial charge in [-0.2, -0.15) is 0 Å². The Balaban J connectivity index is 2.94. The van der Waals surface area contributed by atoms with Gasteiger partial charge in [-0.05, 0) is 19.1 Å². The van der Waals surface area contributed by atoms with Crippen molar-refractivity contribution in [3.8, 4) is 0 Å². The topological polar surface area (TPSA) is 68.7 Å². The maximum absolute atomic E-state index is 11.7. The Morgan fingerprint density at radius 1 is 1.44 bits per heavy atom. The van der Waals surface area contributed by atoms with Crippen LogP contribution >= 0.6 is 0 Å². The second-order valence-electron chi connectivity index (χ2n) is 3.53. The third-order valence-electron chi connectivity index (χ3n) is 2.24. The number of carbonyl (C=O) groups excluding carboxylic acids is 2. The molecule has 1 aromatic heterocycles. The summed E-state index contributed by atoms with van der Waals surface area (Å²) in [6.07, 6.45) is 1.55. The van der Waals surface area contributed by atoms with Gasteiger partial charge in [-0.25, -0.2) is 9.78 Å². The number of methoxy groups -OCH3 is 1. The molecule has 0 aromatic carbocycles. The van der Waals surface area contributed by atoms with Crippen molar-refractivity contribution in [3.63, 3.8) is 0 Å². The van der Waals surface area contributed by atoms with Crippen molar-refractivity contribution in [1.29, 1.82) is 0 Å². The van der Waals surface area contributed by atoms with Crippen molar-refractivity contribution in [3.05, 3.63) is 23.9 Å². The van der Waals surface area contributed by atoms with Gasteiger partial charge in [0.15, 0.2) is 0 Å². The van der Waals surface area contributed by atoms with E-state index in [4.69, 9.17) is 4.74 Å². The quantitative estimate of drug-likeness (QED) is 0.724. The molecule has 6 nitrogen and oxygen atoms in total. The van der Waals surface area contributed by atoms with Crippen molar-refractivity contribution in [2.24, 2.45) is 0 Å². The lowest BCUT2D eigenvalue weighted by Gasteiger charge is -2.18. The molecule has 0 N–H and O–H groups in total. The van der Waals surface area contributed by atoms with Gasteiger partial charge in [0, 0.05) is 13.2 Å². The maximum atomic E-state index is 11.7. The molecule has 0 unspecified atom stereocenters. The predicted molar refractivity (Wildman–Crippen MR) is 65.5 cm³/mol. The fourth-order valence-corrected chi connectivity index (χ4v) is 1.40. The van der Waals surface area contributed by atoms with Crippen molar-refractivity contribution in [2.75, 3.05) is 32.2 Å². The summed E-state index contributed by atoms with van der Waals surface area (Å²) in [5, 5.41) is 0. The van der Waals surface area contributed by atoms with Gasteiger partial charge in [0.25, 0.3) is 0 Å². The second kappa shape index (κ2) is 6.58. The molecule has 1 heterocycles. The second-order valence-corrected chi connectivity index (χ2v) is 3.53. The van der Waals surface area contributed by atoms with E-state index in [1.54, 1.807) is 32.3 Å². The van der Waals surface area contributed by atoms with Crippen LogP contribution in [0.25, 0.3) is 0 Å². The lowest BCUT2D eigenvalue weighted by Crippen LogP contribution is -2.28. The molecule has 98 valence electrons. The number of esters is 2. The average Bonchev–Trinajstić information content (AvgIpc) is 2.38. The number of hydrogen-bond donors (Lipinski definition) is 0. The van der Waals surface area contributed by atoms with Crippen LogP contribution < -0.4 is 4.90 Å². The van der Waals surface area contributed by atoms with Crippen LogP contribution in [0, 0.1) is 0 Å². The van der Waals surface area contributed by atoms with Crippen LogP contribution in [0.15, 0.2) is 18.3 Å². The van der Waals surface area contributed by atoms with Gasteiger partial charge >= 0.3 is 11.9 Å². The highest BCUT2D eigenvalue weighted by Crippen LogP contribution is 2.16. The normalized spacial score (nSPS) is 9.72. The monoisotopic (exact) mass is 252 g/mol. The first kappa shape index (κ1) is 14.0. The number of hydrogen-bond acceptors (Lipinski definition) is 6. The summed E-state index contributed by atoms with van der Waals surface area (Å²) in [4.78, 5) is 28.5. The maximum Gasteiger partial charge on any atom is 0.341 e. The Morgan fingerprint density at radius 2 is 2.17 bits per heavy atom. The van der Waals surface area contributed by atoms with Gasteiger partial charge in [0.05, 0.1) is 13.7 Å². The number of aromatic nitrogens is 1. The molecule has 6 heteroatoms. The molecule has 0 atom stereocenters. The zero-order valence-electron chi connectivity index (χ0n) is 10.7. The summed E-state index contributed by atoms with van der Waals surface area (Å²) in [5.74, 6) is -0.475. The van der Waals surface area contributed by atoms with Crippen LogP contribution in [0.4, 0.5) is 5.82 Å². The summed E-state index contributed by atoms with van der Waals surface area (Å²) < 4.78 is 9.49. The predicted octanol–water partition coefficient (Wildman–Crippen LogP) is 0.867. The summed E-state index contributed by atoms with van der Waals surface area (Å²) in [6.45, 7) is 2.03. The zero-order valence-corrected chi connectivity index (χ0v) is 10.7. The van der Waals surface area contributed by atoms with Gasteiger partial charge in [-0.1, -0.05) is 0 Å². The minimum absolute atomic E-state index is 0.0138. The smallest absolute Gasteiger partial charge is 0.341 e. The molecular weight excluding hydrogens is 236 g/mol. The highest BCUT2D eigenvalue weighted by molar-refractivity contribution is 5.95. The van der Waals surface area contributed by atoms with E-state index in [1.165, 1.54) is 12.0 Å². The van der Waals surface area contributed by atoms with Gasteiger partial charge in [-0.15, -0.1) is 0 Å². The summed E-state index contributed by atoms with van der Waals surface area (Å²) >= 11 is 0. The molecule has 0 aliphatic rings. The zero-order chi connectivity index (χ0) is 13.5. The Bertz CT molecular complexity index is 434. The van der Waals surface area contributed by atoms with Crippen LogP contribution in [-0.4, -0.2) is 44.2 Å². The minimum atomic E-state index is -0.461. The molecule has 0 fully saturated rings. The number of ether oxygens (including phenoxy) is 2. The van der Waals surface area contributed by atoms with Crippen LogP contribution in [0.5, 0.6) is 0 Å². The molecule has 1 rings (SSSR count). The first-order valence-corrected chi connectivity index (χ1v) is 5.50. The Hall–Kier alpha value is -2.11. The van der Waals surface area contributed by atoms with Gasteiger partial charge in [-0.3, -0.25) is 4.79 Å². The largest absolute Gasteiger partial charge is 0.468 e. The summed E-state index contributed by atoms with van der Waals surface area (Å²) in [6, 6.07) is 3.25. The third kappa shape index (κ3) is 3.44. The van der Waals surface area contributed by atoms with E-state index in [0.29, 0.717) is 11.4 Å². The summed E-state index contributed by atoms with van der Waals surface area (Å²) in [7, 11) is 2.96. The van der Waals surface area contributed by atoms with Gasteiger partial charge in [0.1, 0.15) is 17.9 Å². The molecular formula is C12H16N2O4. The standard InChI is InChI=1S/C12H16N2O4/c1-4-18-12(16)9-6-5-7-13-11(9)14(2)8-10(15)17-3/h5-7H,4,8H2,1-3H3. The van der Waals surface area contributed by atoms with Crippen molar-refractivity contribution in [1.82, 2.24) is 4.98 Å². The van der Waals surface area contributed by atoms with Crippen LogP contribution in [0.1, 0.15) is 17.3 Å². The fourth-order valence-electron chi connectivity index (χ4n) is 1.40. The van der Waals surface area contributed by atoms with Crippen molar-refractivity contribution < 1.29 is 19.1 Å². The Kier molecular flexibility index (Phi) is 5.10. The van der Waals surface area contributed by atoms with E-state index < -0.39 is 11.9 Å². The van der Waals surface area contributed by atoms with E-state index in [2.05, 4.69) is 9.72 Å². The molecule has 0 spiro atoms. The van der Waals surface area contributed by atoms with Crippen molar-refractivity contribution >= 4 is 17.8 Å². The molecule has 18 heavy (non-hydrogen) atoms. The van der Waals surface area contributed by atoms with Crippen LogP contribution in [0.2, 0.25) is 0 Å². The number of nitrogens with zero attached hydrogens (tertiary/aromatic N) is 2. The Morgan fingerprint density at radius 3 is 2.78 bits per heavy atom. The van der Waals surface area contributed by atoms with Crippen molar-refractivity contribution in [2.45, 2.75) is 6.92 Å². The first-order chi connectivity index (χ1) is 8.60. The van der Waals surface area contributed by atoms with Gasteiger partial charge < -0.3 is 14.4 Å². The number of anilines is 1. The van der Waals surface area contributed by atoms with E-state index in [0.717, 1.165) is 0 Å². The Labute approximate surface area is 106 Å². The minimum Gasteiger partial charge on any atom is -0.468 e. The fraction of sp³-hybridized carbons (Fsp3) is 0.417. The summed E-state index contributed by atoms with van der Waals surface area (Å²) in [5.41, 5.74) is 0.325. The molecule has 0 aliphatic heterocycles. The van der Waals surface area contributed by atoms with E-state index >= 15 is 0 Å². The lowest BCUT2D eigenvalue weighted by molar-refractivity contribution is -0.138. The molecule has 0 saturated carbocycles. The molecule has 0 saturated heterocycles. The lowest BCUT2D eigenvalue weighted by atomic mass is 10.2. The average molecular weight is 252 g/mol. The van der Waals surface area contributed by atoms with E-state index in [1.807, 2.05) is 0 Å². The molecule has 0 bridgehead atoms. The first-order valence-electron chi connectivity index (χ1n) is 5.50. The number of likely N-dealkylation sites (N-methyl/N-ethyl adjacent to an activating group) is 1. The number of rotatable bonds is 5. The highest BCUT2D eigenvalue weighted by Gasteiger charge is 2.18. The molecule has 0 amide bonds. The molecule has 0 aliphatic carbocycles. The van der Waals surface area contributed by atoms with E-state index in [-0.39, 0.29) is 13.2 Å². The third-order valence-corrected chi connectivity index (χ3v) is 2.24. The number of carbonyl (C=O) groups is 2. The van der Waals surface area contributed by atoms with Crippen LogP contribution in [0.3, 0.4) is 0 Å². The van der Waals surface area contributed by atoms with Gasteiger partial charge in [0.2, 0.25) is 0 Å². The number of pyridine rings is 1.